The minimum absolute atomic E-state index is 0.0928. The van der Waals surface area contributed by atoms with Crippen LogP contribution in [0, 0.1) is 5.92 Å². The number of rotatable bonds is 5. The summed E-state index contributed by atoms with van der Waals surface area (Å²) in [5.74, 6) is -0.757. The Morgan fingerprint density at radius 3 is 2.86 bits per heavy atom. The molecule has 0 radical (unpaired) electrons. The molecule has 1 aromatic rings. The van der Waals surface area contributed by atoms with E-state index in [9.17, 15) is 9.59 Å². The molecule has 1 fully saturated rings. The van der Waals surface area contributed by atoms with E-state index in [1.807, 2.05) is 31.3 Å². The fraction of sp³-hybridized carbons (Fsp3) is 0.467. The number of carbonyl (C=O) groups excluding carboxylic acids is 2. The van der Waals surface area contributed by atoms with Crippen molar-refractivity contribution in [2.24, 2.45) is 5.92 Å². The van der Waals surface area contributed by atoms with Gasteiger partial charge in [-0.1, -0.05) is 12.1 Å². The molecule has 6 heteroatoms. The first-order valence-electron chi connectivity index (χ1n) is 7.01. The number of para-hydroxylation sites is 1. The third-order valence-electron chi connectivity index (χ3n) is 3.72. The van der Waals surface area contributed by atoms with E-state index in [0.29, 0.717) is 19.5 Å². The van der Waals surface area contributed by atoms with Gasteiger partial charge < -0.3 is 15.1 Å². The van der Waals surface area contributed by atoms with E-state index in [1.54, 1.807) is 16.8 Å². The first kappa shape index (κ1) is 16.0. The summed E-state index contributed by atoms with van der Waals surface area (Å²) in [6, 6.07) is 7.58. The average molecular weight is 354 g/mol. The maximum absolute atomic E-state index is 12.5. The van der Waals surface area contributed by atoms with E-state index >= 15 is 0 Å². The van der Waals surface area contributed by atoms with Crippen LogP contribution < -0.4 is 10.2 Å². The van der Waals surface area contributed by atoms with Crippen LogP contribution in [0.2, 0.25) is 0 Å². The van der Waals surface area contributed by atoms with Crippen LogP contribution >= 0.6 is 15.9 Å². The lowest BCUT2D eigenvalue weighted by molar-refractivity contribution is -0.138. The van der Waals surface area contributed by atoms with Gasteiger partial charge in [0.1, 0.15) is 5.92 Å². The van der Waals surface area contributed by atoms with Gasteiger partial charge in [0.05, 0.1) is 5.69 Å². The second-order valence-corrected chi connectivity index (χ2v) is 6.00. The van der Waals surface area contributed by atoms with Crippen LogP contribution in [0.3, 0.4) is 0 Å². The van der Waals surface area contributed by atoms with Gasteiger partial charge in [-0.15, -0.1) is 0 Å². The molecule has 114 valence electrons. The van der Waals surface area contributed by atoms with Crippen LogP contribution in [0.15, 0.2) is 28.7 Å². The van der Waals surface area contributed by atoms with Crippen LogP contribution in [0.4, 0.5) is 5.69 Å². The van der Waals surface area contributed by atoms with Crippen molar-refractivity contribution in [1.82, 2.24) is 10.2 Å². The molecule has 1 aliphatic rings. The van der Waals surface area contributed by atoms with Gasteiger partial charge in [-0.2, -0.15) is 0 Å². The van der Waals surface area contributed by atoms with Crippen molar-refractivity contribution in [2.45, 2.75) is 6.42 Å². The number of hydrogen-bond acceptors (Lipinski definition) is 3. The third kappa shape index (κ3) is 3.44. The molecular weight excluding hydrogens is 334 g/mol. The Balaban J connectivity index is 2.08. The highest BCUT2D eigenvalue weighted by Crippen LogP contribution is 2.31. The molecule has 1 aliphatic heterocycles. The predicted octanol–water partition coefficient (Wildman–Crippen LogP) is 1.48. The zero-order valence-corrected chi connectivity index (χ0v) is 13.9. The third-order valence-corrected chi connectivity index (χ3v) is 4.39. The number of anilines is 1. The van der Waals surface area contributed by atoms with Crippen LogP contribution in [0.1, 0.15) is 6.42 Å². The Hall–Kier alpha value is -1.40. The second kappa shape index (κ2) is 7.04. The van der Waals surface area contributed by atoms with Crippen molar-refractivity contribution >= 4 is 33.4 Å². The topological polar surface area (TPSA) is 52.7 Å². The molecule has 21 heavy (non-hydrogen) atoms. The predicted molar refractivity (Wildman–Crippen MR) is 86.2 cm³/mol. The molecular formula is C15H20BrN3O2. The highest BCUT2D eigenvalue weighted by molar-refractivity contribution is 9.10. The number of likely N-dealkylation sites (N-methyl/N-ethyl adjacent to an activating group) is 2. The molecule has 0 aromatic heterocycles. The van der Waals surface area contributed by atoms with Gasteiger partial charge in [-0.3, -0.25) is 9.59 Å². The van der Waals surface area contributed by atoms with Gasteiger partial charge in [0.15, 0.2) is 0 Å². The minimum Gasteiger partial charge on any atom is -0.344 e. The molecule has 1 atom stereocenters. The summed E-state index contributed by atoms with van der Waals surface area (Å²) >= 11 is 3.46. The average Bonchev–Trinajstić information content (AvgIpc) is 2.86. The van der Waals surface area contributed by atoms with Crippen LogP contribution in [0.5, 0.6) is 0 Å². The number of hydrogen-bond donors (Lipinski definition) is 1. The minimum atomic E-state index is -0.557. The van der Waals surface area contributed by atoms with Crippen LogP contribution in [-0.2, 0) is 9.59 Å². The van der Waals surface area contributed by atoms with Gasteiger partial charge in [-0.05, 0) is 41.5 Å². The van der Waals surface area contributed by atoms with Gasteiger partial charge in [-0.25, -0.2) is 0 Å². The molecule has 0 spiro atoms. The highest BCUT2D eigenvalue weighted by atomic mass is 79.9. The Bertz CT molecular complexity index is 535. The van der Waals surface area contributed by atoms with E-state index in [0.717, 1.165) is 16.7 Å². The Morgan fingerprint density at radius 2 is 2.19 bits per heavy atom. The fourth-order valence-electron chi connectivity index (χ4n) is 2.47. The maximum Gasteiger partial charge on any atom is 0.239 e. The molecule has 0 bridgehead atoms. The van der Waals surface area contributed by atoms with Gasteiger partial charge in [0.25, 0.3) is 0 Å². The summed E-state index contributed by atoms with van der Waals surface area (Å²) in [5, 5.41) is 3.00. The molecule has 1 unspecified atom stereocenters. The van der Waals surface area contributed by atoms with E-state index in [1.165, 1.54) is 0 Å². The lowest BCUT2D eigenvalue weighted by Crippen LogP contribution is -2.40. The van der Waals surface area contributed by atoms with Gasteiger partial charge in [0.2, 0.25) is 11.8 Å². The quantitative estimate of drug-likeness (QED) is 0.815. The summed E-state index contributed by atoms with van der Waals surface area (Å²) < 4.78 is 0.870. The van der Waals surface area contributed by atoms with Crippen molar-refractivity contribution in [2.75, 3.05) is 38.6 Å². The van der Waals surface area contributed by atoms with Crippen molar-refractivity contribution < 1.29 is 9.59 Å². The summed E-state index contributed by atoms with van der Waals surface area (Å²) in [4.78, 5) is 28.2. The Labute approximate surface area is 133 Å². The number of amides is 2. The lowest BCUT2D eigenvalue weighted by Gasteiger charge is -2.21. The summed E-state index contributed by atoms with van der Waals surface area (Å²) in [5.41, 5.74) is 0.829. The van der Waals surface area contributed by atoms with Crippen LogP contribution in [-0.4, -0.2) is 50.4 Å². The number of benzene rings is 1. The molecule has 2 rings (SSSR count). The summed E-state index contributed by atoms with van der Waals surface area (Å²) in [6.45, 7) is 1.91. The zero-order valence-electron chi connectivity index (χ0n) is 12.3. The van der Waals surface area contributed by atoms with E-state index < -0.39 is 5.92 Å². The van der Waals surface area contributed by atoms with E-state index in [2.05, 4.69) is 21.2 Å². The van der Waals surface area contributed by atoms with Gasteiger partial charge in [0, 0.05) is 31.2 Å². The van der Waals surface area contributed by atoms with Crippen molar-refractivity contribution in [3.05, 3.63) is 28.7 Å². The molecule has 0 saturated carbocycles. The summed E-state index contributed by atoms with van der Waals surface area (Å²) in [6.07, 6.45) is 0.572. The number of nitrogens with zero attached hydrogens (tertiary/aromatic N) is 2. The highest BCUT2D eigenvalue weighted by Gasteiger charge is 2.39. The first-order chi connectivity index (χ1) is 10.1. The van der Waals surface area contributed by atoms with Crippen molar-refractivity contribution in [3.63, 3.8) is 0 Å². The largest absolute Gasteiger partial charge is 0.344 e. The number of nitrogens with one attached hydrogen (secondary N) is 1. The molecule has 1 heterocycles. The second-order valence-electron chi connectivity index (χ2n) is 5.15. The Kier molecular flexibility index (Phi) is 5.36. The zero-order chi connectivity index (χ0) is 15.4. The SMILES string of the molecule is CNCCN(C)C(=O)C1CCN(c2ccccc2Br)C1=O. The molecule has 1 saturated heterocycles. The van der Waals surface area contributed by atoms with E-state index in [4.69, 9.17) is 0 Å². The maximum atomic E-state index is 12.5. The van der Waals surface area contributed by atoms with Crippen LogP contribution in [0.25, 0.3) is 0 Å². The fourth-order valence-corrected chi connectivity index (χ4v) is 2.97. The molecule has 1 aromatic carbocycles. The van der Waals surface area contributed by atoms with Crippen molar-refractivity contribution in [1.29, 1.82) is 0 Å². The number of halogens is 1. The normalized spacial score (nSPS) is 18.1. The summed E-state index contributed by atoms with van der Waals surface area (Å²) in [7, 11) is 3.59. The van der Waals surface area contributed by atoms with Gasteiger partial charge >= 0.3 is 0 Å². The first-order valence-corrected chi connectivity index (χ1v) is 7.81. The standard InChI is InChI=1S/C15H20BrN3O2/c1-17-8-10-18(2)14(20)11-7-9-19(15(11)21)13-6-4-3-5-12(13)16/h3-6,11,17H,7-10H2,1-2H3. The monoisotopic (exact) mass is 353 g/mol. The smallest absolute Gasteiger partial charge is 0.239 e. The molecule has 5 nitrogen and oxygen atoms in total. The Morgan fingerprint density at radius 1 is 1.48 bits per heavy atom. The lowest BCUT2D eigenvalue weighted by atomic mass is 10.1. The molecule has 0 aliphatic carbocycles. The molecule has 2 amide bonds. The molecule has 1 N–H and O–H groups in total. The van der Waals surface area contributed by atoms with Crippen molar-refractivity contribution in [3.8, 4) is 0 Å². The number of carbonyl (C=O) groups is 2. The van der Waals surface area contributed by atoms with E-state index in [-0.39, 0.29) is 11.8 Å².